The standard InChI is InChI=1S/C25H23N3OS/c1-28-16-15-26-25(28)30-18-19-9-8-14-22(17-19)24(29)27-23(20-10-4-2-5-11-20)21-12-6-3-7-13-21/h2-17,23H,18H2,1H3,(H,27,29). The van der Waals surface area contributed by atoms with Crippen LogP contribution in [0.5, 0.6) is 0 Å². The maximum Gasteiger partial charge on any atom is 0.252 e. The van der Waals surface area contributed by atoms with E-state index >= 15 is 0 Å². The number of nitrogens with zero attached hydrogens (tertiary/aromatic N) is 2. The molecule has 4 nitrogen and oxygen atoms in total. The fourth-order valence-corrected chi connectivity index (χ4v) is 4.18. The molecule has 1 amide bonds. The number of thioether (sulfide) groups is 1. The van der Waals surface area contributed by atoms with Crippen LogP contribution >= 0.6 is 11.8 Å². The predicted molar refractivity (Wildman–Crippen MR) is 121 cm³/mol. The van der Waals surface area contributed by atoms with E-state index in [9.17, 15) is 4.79 Å². The summed E-state index contributed by atoms with van der Waals surface area (Å²) in [4.78, 5) is 17.4. The third-order valence-corrected chi connectivity index (χ3v) is 6.00. The van der Waals surface area contributed by atoms with Crippen molar-refractivity contribution in [1.82, 2.24) is 14.9 Å². The van der Waals surface area contributed by atoms with Crippen molar-refractivity contribution < 1.29 is 4.79 Å². The van der Waals surface area contributed by atoms with Gasteiger partial charge in [-0.2, -0.15) is 0 Å². The Bertz CT molecular complexity index is 1070. The van der Waals surface area contributed by atoms with Crippen LogP contribution in [0.15, 0.2) is 102 Å². The lowest BCUT2D eigenvalue weighted by Crippen LogP contribution is -2.29. The fourth-order valence-electron chi connectivity index (χ4n) is 3.31. The fraction of sp³-hybridized carbons (Fsp3) is 0.120. The van der Waals surface area contributed by atoms with Gasteiger partial charge < -0.3 is 9.88 Å². The van der Waals surface area contributed by atoms with Gasteiger partial charge in [0, 0.05) is 30.8 Å². The summed E-state index contributed by atoms with van der Waals surface area (Å²) in [7, 11) is 1.98. The zero-order chi connectivity index (χ0) is 20.8. The van der Waals surface area contributed by atoms with Gasteiger partial charge in [-0.1, -0.05) is 84.6 Å². The highest BCUT2D eigenvalue weighted by Gasteiger charge is 2.17. The zero-order valence-corrected chi connectivity index (χ0v) is 17.5. The number of amides is 1. The number of hydrogen-bond donors (Lipinski definition) is 1. The van der Waals surface area contributed by atoms with Crippen molar-refractivity contribution in [3.05, 3.63) is 120 Å². The lowest BCUT2D eigenvalue weighted by molar-refractivity contribution is 0.0943. The number of carbonyl (C=O) groups excluding carboxylic acids is 1. The smallest absolute Gasteiger partial charge is 0.252 e. The predicted octanol–water partition coefficient (Wildman–Crippen LogP) is 5.23. The Morgan fingerprint density at radius 1 is 0.967 bits per heavy atom. The van der Waals surface area contributed by atoms with Gasteiger partial charge in [0.2, 0.25) is 0 Å². The first kappa shape index (κ1) is 20.0. The number of rotatable bonds is 7. The molecule has 1 N–H and O–H groups in total. The zero-order valence-electron chi connectivity index (χ0n) is 16.7. The molecular weight excluding hydrogens is 390 g/mol. The summed E-state index contributed by atoms with van der Waals surface area (Å²) in [5.74, 6) is 0.670. The van der Waals surface area contributed by atoms with Crippen LogP contribution in [0.1, 0.15) is 33.1 Å². The molecular formula is C25H23N3OS. The molecule has 0 fully saturated rings. The van der Waals surface area contributed by atoms with Crippen molar-refractivity contribution in [3.63, 3.8) is 0 Å². The summed E-state index contributed by atoms with van der Waals surface area (Å²) >= 11 is 1.66. The molecule has 4 rings (SSSR count). The quantitative estimate of drug-likeness (QED) is 0.422. The molecule has 0 aliphatic rings. The molecule has 30 heavy (non-hydrogen) atoms. The van der Waals surface area contributed by atoms with Crippen LogP contribution in [0.25, 0.3) is 0 Å². The number of aromatic nitrogens is 2. The van der Waals surface area contributed by atoms with Gasteiger partial charge in [0.1, 0.15) is 0 Å². The number of carbonyl (C=O) groups is 1. The molecule has 1 aromatic heterocycles. The molecule has 0 atom stereocenters. The van der Waals surface area contributed by atoms with E-state index in [-0.39, 0.29) is 11.9 Å². The van der Waals surface area contributed by atoms with E-state index in [4.69, 9.17) is 0 Å². The number of aryl methyl sites for hydroxylation is 1. The molecule has 0 spiro atoms. The van der Waals surface area contributed by atoms with E-state index in [1.165, 1.54) is 0 Å². The van der Waals surface area contributed by atoms with Crippen LogP contribution in [0.4, 0.5) is 0 Å². The lowest BCUT2D eigenvalue weighted by atomic mass is 9.98. The number of benzene rings is 3. The summed E-state index contributed by atoms with van der Waals surface area (Å²) in [6.45, 7) is 0. The number of hydrogen-bond acceptors (Lipinski definition) is 3. The number of nitrogens with one attached hydrogen (secondary N) is 1. The largest absolute Gasteiger partial charge is 0.341 e. The van der Waals surface area contributed by atoms with Gasteiger partial charge >= 0.3 is 0 Å². The average Bonchev–Trinajstić information content (AvgIpc) is 3.22. The first-order valence-corrected chi connectivity index (χ1v) is 10.8. The van der Waals surface area contributed by atoms with Crippen molar-refractivity contribution in [3.8, 4) is 0 Å². The highest BCUT2D eigenvalue weighted by atomic mass is 32.2. The normalized spacial score (nSPS) is 10.9. The first-order valence-electron chi connectivity index (χ1n) is 9.80. The van der Waals surface area contributed by atoms with Crippen LogP contribution < -0.4 is 5.32 Å². The molecule has 0 unspecified atom stereocenters. The molecule has 3 aromatic carbocycles. The van der Waals surface area contributed by atoms with Crippen molar-refractivity contribution in [2.75, 3.05) is 0 Å². The molecule has 0 aliphatic heterocycles. The Hall–Kier alpha value is -3.31. The maximum atomic E-state index is 13.1. The van der Waals surface area contributed by atoms with Gasteiger partial charge in [-0.05, 0) is 28.8 Å². The Labute approximate surface area is 181 Å². The molecule has 0 saturated carbocycles. The summed E-state index contributed by atoms with van der Waals surface area (Å²) < 4.78 is 1.99. The highest BCUT2D eigenvalue weighted by molar-refractivity contribution is 7.98. The van der Waals surface area contributed by atoms with E-state index in [2.05, 4.69) is 10.3 Å². The average molecular weight is 414 g/mol. The van der Waals surface area contributed by atoms with Crippen LogP contribution in [0.3, 0.4) is 0 Å². The third-order valence-electron chi connectivity index (χ3n) is 4.88. The second-order valence-electron chi connectivity index (χ2n) is 7.04. The minimum atomic E-state index is -0.203. The van der Waals surface area contributed by atoms with Gasteiger partial charge in [0.25, 0.3) is 5.91 Å². The van der Waals surface area contributed by atoms with Crippen LogP contribution in [-0.2, 0) is 12.8 Å². The number of imidazole rings is 1. The van der Waals surface area contributed by atoms with Gasteiger partial charge in [0.15, 0.2) is 5.16 Å². The minimum Gasteiger partial charge on any atom is -0.341 e. The van der Waals surface area contributed by atoms with Gasteiger partial charge in [-0.25, -0.2) is 4.98 Å². The molecule has 0 radical (unpaired) electrons. The van der Waals surface area contributed by atoms with Gasteiger partial charge in [0.05, 0.1) is 6.04 Å². The molecule has 150 valence electrons. The molecule has 4 aromatic rings. The van der Waals surface area contributed by atoms with Crippen LogP contribution in [0, 0.1) is 0 Å². The molecule has 1 heterocycles. The summed E-state index contributed by atoms with van der Waals surface area (Å²) in [5, 5.41) is 4.17. The Morgan fingerprint density at radius 2 is 1.63 bits per heavy atom. The SMILES string of the molecule is Cn1ccnc1SCc1cccc(C(=O)NC(c2ccccc2)c2ccccc2)c1. The lowest BCUT2D eigenvalue weighted by Gasteiger charge is -2.20. The third kappa shape index (κ3) is 4.81. The monoisotopic (exact) mass is 413 g/mol. The van der Waals surface area contributed by atoms with Crippen molar-refractivity contribution in [1.29, 1.82) is 0 Å². The first-order chi connectivity index (χ1) is 14.7. The van der Waals surface area contributed by atoms with E-state index in [1.54, 1.807) is 18.0 Å². The Balaban J connectivity index is 1.52. The van der Waals surface area contributed by atoms with Crippen molar-refractivity contribution in [2.45, 2.75) is 17.0 Å². The van der Waals surface area contributed by atoms with E-state index in [1.807, 2.05) is 103 Å². The van der Waals surface area contributed by atoms with E-state index in [0.29, 0.717) is 5.56 Å². The Kier molecular flexibility index (Phi) is 6.30. The molecule has 0 bridgehead atoms. The van der Waals surface area contributed by atoms with E-state index in [0.717, 1.165) is 27.6 Å². The second-order valence-corrected chi connectivity index (χ2v) is 7.98. The van der Waals surface area contributed by atoms with Crippen LogP contribution in [0.2, 0.25) is 0 Å². The molecule has 5 heteroatoms. The van der Waals surface area contributed by atoms with Gasteiger partial charge in [-0.3, -0.25) is 4.79 Å². The molecule has 0 aliphatic carbocycles. The van der Waals surface area contributed by atoms with Crippen LogP contribution in [-0.4, -0.2) is 15.5 Å². The van der Waals surface area contributed by atoms with Gasteiger partial charge in [-0.15, -0.1) is 0 Å². The van der Waals surface area contributed by atoms with Crippen molar-refractivity contribution >= 4 is 17.7 Å². The van der Waals surface area contributed by atoms with Crippen molar-refractivity contribution in [2.24, 2.45) is 7.05 Å². The minimum absolute atomic E-state index is 0.0865. The van der Waals surface area contributed by atoms with E-state index < -0.39 is 0 Å². The second kappa shape index (κ2) is 9.46. The topological polar surface area (TPSA) is 46.9 Å². The summed E-state index contributed by atoms with van der Waals surface area (Å²) in [6, 6.07) is 27.7. The maximum absolute atomic E-state index is 13.1. The highest BCUT2D eigenvalue weighted by Crippen LogP contribution is 2.24. The Morgan fingerprint density at radius 3 is 2.23 bits per heavy atom. The molecule has 0 saturated heterocycles. The summed E-state index contributed by atoms with van der Waals surface area (Å²) in [5.41, 5.74) is 3.86. The summed E-state index contributed by atoms with van der Waals surface area (Å²) in [6.07, 6.45) is 3.72.